The Morgan fingerprint density at radius 2 is 1.59 bits per heavy atom. The zero-order valence-electron chi connectivity index (χ0n) is 18.8. The van der Waals surface area contributed by atoms with Gasteiger partial charge in [0.25, 0.3) is 15.8 Å². The highest BCUT2D eigenvalue weighted by molar-refractivity contribution is 7.92. The second-order valence-corrected chi connectivity index (χ2v) is 10.1. The van der Waals surface area contributed by atoms with E-state index in [1.54, 1.807) is 0 Å². The summed E-state index contributed by atoms with van der Waals surface area (Å²) in [6.45, 7) is -0.172. The third kappa shape index (κ3) is 5.14. The van der Waals surface area contributed by atoms with Gasteiger partial charge < -0.3 is 9.84 Å². The Balaban J connectivity index is 2.23. The molecule has 1 amide bonds. The third-order valence-corrected chi connectivity index (χ3v) is 7.28. The normalized spacial score (nSPS) is 16.6. The smallest absolute Gasteiger partial charge is 0.454 e. The monoisotopic (exact) mass is 558 g/mol. The number of carboxylic acid groups (broad SMARTS) is 1. The number of rotatable bonds is 5. The molecule has 37 heavy (non-hydrogen) atoms. The van der Waals surface area contributed by atoms with Gasteiger partial charge in [-0.2, -0.15) is 26.3 Å². The SMILES string of the molecule is CC(C)(N(C(=O)O)c1ccc2c(c1)N(S(=O)(=O)c1ccc(F)cc1)C[C@@H](C(=O)C(F)(F)F)O2)C(F)(F)F. The largest absolute Gasteiger partial charge is 0.478 e. The number of benzene rings is 2. The number of anilines is 2. The van der Waals surface area contributed by atoms with Gasteiger partial charge in [0.05, 0.1) is 22.8 Å². The quantitative estimate of drug-likeness (QED) is 0.532. The molecule has 0 aliphatic carbocycles. The maximum atomic E-state index is 13.6. The maximum Gasteiger partial charge on any atom is 0.454 e. The summed E-state index contributed by atoms with van der Waals surface area (Å²) in [6.07, 6.45) is -15.0. The van der Waals surface area contributed by atoms with Gasteiger partial charge in [-0.25, -0.2) is 17.6 Å². The molecule has 3 rings (SSSR count). The van der Waals surface area contributed by atoms with Crippen LogP contribution in [0.3, 0.4) is 0 Å². The number of amides is 1. The van der Waals surface area contributed by atoms with Crippen molar-refractivity contribution in [3.63, 3.8) is 0 Å². The van der Waals surface area contributed by atoms with Crippen LogP contribution in [0.25, 0.3) is 0 Å². The fourth-order valence-electron chi connectivity index (χ4n) is 3.46. The zero-order valence-corrected chi connectivity index (χ0v) is 19.6. The van der Waals surface area contributed by atoms with E-state index in [2.05, 4.69) is 0 Å². The number of carbonyl (C=O) groups is 2. The number of Topliss-reactive ketones (excluding diaryl/α,β-unsaturated/α-hetero) is 1. The molecule has 1 atom stereocenters. The van der Waals surface area contributed by atoms with Crippen molar-refractivity contribution in [1.29, 1.82) is 0 Å². The van der Waals surface area contributed by atoms with Crippen molar-refractivity contribution >= 4 is 33.3 Å². The summed E-state index contributed by atoms with van der Waals surface area (Å²) in [7, 11) is -4.85. The topological polar surface area (TPSA) is 104 Å². The fraction of sp³-hybridized carbons (Fsp3) is 0.333. The number of fused-ring (bicyclic) bond motifs is 1. The first-order chi connectivity index (χ1) is 16.8. The van der Waals surface area contributed by atoms with E-state index in [-0.39, 0.29) is 9.21 Å². The molecule has 0 saturated heterocycles. The molecule has 8 nitrogen and oxygen atoms in total. The summed E-state index contributed by atoms with van der Waals surface area (Å²) < 4.78 is 125. The molecule has 202 valence electrons. The second kappa shape index (κ2) is 9.08. The molecule has 0 aromatic heterocycles. The number of ether oxygens (including phenoxy) is 1. The molecule has 0 bridgehead atoms. The average molecular weight is 558 g/mol. The number of alkyl halides is 6. The van der Waals surface area contributed by atoms with E-state index in [1.165, 1.54) is 0 Å². The van der Waals surface area contributed by atoms with Gasteiger partial charge in [0.1, 0.15) is 17.1 Å². The van der Waals surface area contributed by atoms with E-state index in [1.807, 2.05) is 0 Å². The van der Waals surface area contributed by atoms with Crippen molar-refractivity contribution < 1.29 is 58.6 Å². The Bertz CT molecular complexity index is 1320. The number of sulfonamides is 1. The Hall–Kier alpha value is -3.56. The summed E-state index contributed by atoms with van der Waals surface area (Å²) >= 11 is 0. The van der Waals surface area contributed by atoms with E-state index in [4.69, 9.17) is 4.74 Å². The zero-order chi connectivity index (χ0) is 28.1. The van der Waals surface area contributed by atoms with Crippen LogP contribution in [0.1, 0.15) is 13.8 Å². The summed E-state index contributed by atoms with van der Waals surface area (Å²) in [4.78, 5) is 22.9. The lowest BCUT2D eigenvalue weighted by Crippen LogP contribution is -2.57. The minimum Gasteiger partial charge on any atom is -0.478 e. The van der Waals surface area contributed by atoms with E-state index in [0.29, 0.717) is 19.9 Å². The molecule has 1 aliphatic heterocycles. The number of ketones is 1. The highest BCUT2D eigenvalue weighted by Crippen LogP contribution is 2.44. The molecule has 0 radical (unpaired) electrons. The van der Waals surface area contributed by atoms with E-state index in [9.17, 15) is 53.8 Å². The van der Waals surface area contributed by atoms with Crippen molar-refractivity contribution in [2.24, 2.45) is 0 Å². The van der Waals surface area contributed by atoms with Gasteiger partial charge in [-0.1, -0.05) is 0 Å². The van der Waals surface area contributed by atoms with E-state index in [0.717, 1.165) is 36.4 Å². The fourth-order valence-corrected chi connectivity index (χ4v) is 4.93. The molecule has 1 heterocycles. The predicted octanol–water partition coefficient (Wildman–Crippen LogP) is 4.74. The van der Waals surface area contributed by atoms with Crippen LogP contribution in [0.15, 0.2) is 47.4 Å². The first-order valence-electron chi connectivity index (χ1n) is 10.1. The van der Waals surface area contributed by atoms with Gasteiger partial charge in [0.2, 0.25) is 0 Å². The van der Waals surface area contributed by atoms with E-state index < -0.39 is 80.3 Å². The van der Waals surface area contributed by atoms with Crippen molar-refractivity contribution in [2.75, 3.05) is 15.7 Å². The van der Waals surface area contributed by atoms with Gasteiger partial charge in [-0.15, -0.1) is 0 Å². The summed E-state index contributed by atoms with van der Waals surface area (Å²) in [6, 6.07) is 5.19. The van der Waals surface area contributed by atoms with Crippen LogP contribution in [0.4, 0.5) is 46.9 Å². The molecule has 0 unspecified atom stereocenters. The van der Waals surface area contributed by atoms with Crippen molar-refractivity contribution in [3.8, 4) is 5.75 Å². The standard InChI is InChI=1S/C21H17F7N2O6S/c1-19(2,21(26,27)28)30(18(32)33)12-5-8-15-14(9-12)29(10-16(36-15)17(31)20(23,24)25)37(34,35)13-6-3-11(22)4-7-13/h3-9,16H,10H2,1-2H3,(H,32,33)/t16-/m0/s1. The number of carbonyl (C=O) groups excluding carboxylic acids is 1. The maximum absolute atomic E-state index is 13.6. The highest BCUT2D eigenvalue weighted by Gasteiger charge is 2.54. The number of halogens is 7. The van der Waals surface area contributed by atoms with Crippen LogP contribution in [-0.4, -0.2) is 55.9 Å². The Morgan fingerprint density at radius 3 is 2.08 bits per heavy atom. The summed E-state index contributed by atoms with van der Waals surface area (Å²) in [5, 5.41) is 9.52. The van der Waals surface area contributed by atoms with Crippen LogP contribution < -0.4 is 13.9 Å². The lowest BCUT2D eigenvalue weighted by Gasteiger charge is -2.39. The van der Waals surface area contributed by atoms with Crippen molar-refractivity contribution in [1.82, 2.24) is 0 Å². The van der Waals surface area contributed by atoms with Gasteiger partial charge >= 0.3 is 18.4 Å². The molecule has 1 N–H and O–H groups in total. The van der Waals surface area contributed by atoms with Crippen molar-refractivity contribution in [2.45, 2.75) is 42.7 Å². The minimum atomic E-state index is -5.43. The van der Waals surface area contributed by atoms with Gasteiger partial charge in [0.15, 0.2) is 6.10 Å². The number of hydrogen-bond acceptors (Lipinski definition) is 5. The number of hydrogen-bond donors (Lipinski definition) is 1. The molecule has 0 spiro atoms. The average Bonchev–Trinajstić information content (AvgIpc) is 2.76. The Morgan fingerprint density at radius 1 is 1.03 bits per heavy atom. The molecule has 0 saturated carbocycles. The van der Waals surface area contributed by atoms with Gasteiger partial charge in [0, 0.05) is 0 Å². The van der Waals surface area contributed by atoms with Crippen LogP contribution in [0.5, 0.6) is 5.75 Å². The first kappa shape index (κ1) is 28.0. The van der Waals surface area contributed by atoms with Gasteiger partial charge in [-0.05, 0) is 56.3 Å². The molecule has 0 fully saturated rings. The molecular weight excluding hydrogens is 541 g/mol. The minimum absolute atomic E-state index is 0.108. The Kier molecular flexibility index (Phi) is 6.87. The first-order valence-corrected chi connectivity index (χ1v) is 11.5. The molecule has 2 aromatic rings. The van der Waals surface area contributed by atoms with Gasteiger partial charge in [-0.3, -0.25) is 14.0 Å². The summed E-state index contributed by atoms with van der Waals surface area (Å²) in [5.74, 6) is -3.94. The predicted molar refractivity (Wildman–Crippen MR) is 113 cm³/mol. The van der Waals surface area contributed by atoms with Crippen molar-refractivity contribution in [3.05, 3.63) is 48.3 Å². The lowest BCUT2D eigenvalue weighted by molar-refractivity contribution is -0.178. The molecule has 2 aromatic carbocycles. The van der Waals surface area contributed by atoms with E-state index >= 15 is 0 Å². The van der Waals surface area contributed by atoms with Crippen LogP contribution >= 0.6 is 0 Å². The Labute approximate surface area is 204 Å². The number of nitrogens with zero attached hydrogens (tertiary/aromatic N) is 2. The molecule has 16 heteroatoms. The van der Waals surface area contributed by atoms with Crippen LogP contribution in [0, 0.1) is 5.82 Å². The lowest BCUT2D eigenvalue weighted by atomic mass is 10.0. The second-order valence-electron chi connectivity index (χ2n) is 8.29. The van der Waals surface area contributed by atoms with Crippen LogP contribution in [0.2, 0.25) is 0 Å². The summed E-state index contributed by atoms with van der Waals surface area (Å²) in [5.41, 5.74) is -4.37. The third-order valence-electron chi connectivity index (χ3n) is 5.49. The highest BCUT2D eigenvalue weighted by atomic mass is 32.2. The molecular formula is C21H17F7N2O6S. The van der Waals surface area contributed by atoms with Crippen LogP contribution in [-0.2, 0) is 14.8 Å². The molecule has 1 aliphatic rings.